The van der Waals surface area contributed by atoms with E-state index in [1.54, 1.807) is 12.3 Å². The molecule has 104 valence electrons. The minimum Gasteiger partial charge on any atom is -0.322 e. The second kappa shape index (κ2) is 6.22. The number of nitro groups is 1. The van der Waals surface area contributed by atoms with Gasteiger partial charge in [0.05, 0.1) is 11.5 Å². The van der Waals surface area contributed by atoms with E-state index in [1.807, 2.05) is 6.07 Å². The van der Waals surface area contributed by atoms with Gasteiger partial charge in [0, 0.05) is 29.6 Å². The van der Waals surface area contributed by atoms with E-state index in [9.17, 15) is 14.9 Å². The maximum Gasteiger partial charge on any atom is 0.269 e. The molecule has 20 heavy (non-hydrogen) atoms. The number of anilines is 1. The summed E-state index contributed by atoms with van der Waals surface area (Å²) in [5, 5.41) is 13.7. The van der Waals surface area contributed by atoms with Crippen LogP contribution in [0.1, 0.15) is 10.4 Å². The molecule has 0 aliphatic rings. The molecule has 3 N–H and O–H groups in total. The molecule has 8 heteroatoms. The number of nitrogens with two attached hydrogens (primary N) is 1. The normalized spacial score (nSPS) is 10.2. The fourth-order valence-corrected chi connectivity index (χ4v) is 2.46. The molecule has 0 spiro atoms. The van der Waals surface area contributed by atoms with Crippen molar-refractivity contribution in [2.45, 2.75) is 6.42 Å². The van der Waals surface area contributed by atoms with E-state index >= 15 is 0 Å². The summed E-state index contributed by atoms with van der Waals surface area (Å²) < 4.78 is 0. The highest BCUT2D eigenvalue weighted by molar-refractivity contribution is 7.15. The zero-order valence-electron chi connectivity index (χ0n) is 10.4. The third-order valence-electron chi connectivity index (χ3n) is 2.49. The summed E-state index contributed by atoms with van der Waals surface area (Å²) in [6.45, 7) is -0.0974. The van der Waals surface area contributed by atoms with Crippen molar-refractivity contribution in [2.24, 2.45) is 5.73 Å². The molecule has 0 fully saturated rings. The summed E-state index contributed by atoms with van der Waals surface area (Å²) in [4.78, 5) is 26.4. The number of nitro benzene ring substituents is 1. The molecule has 7 nitrogen and oxygen atoms in total. The Morgan fingerprint density at radius 3 is 3.00 bits per heavy atom. The third kappa shape index (κ3) is 3.59. The summed E-state index contributed by atoms with van der Waals surface area (Å²) in [6, 6.07) is 6.43. The monoisotopic (exact) mass is 292 g/mol. The Morgan fingerprint density at radius 1 is 1.50 bits per heavy atom. The highest BCUT2D eigenvalue weighted by Gasteiger charge is 2.09. The van der Waals surface area contributed by atoms with Crippen LogP contribution in [0.5, 0.6) is 0 Å². The minimum absolute atomic E-state index is 0.0590. The summed E-state index contributed by atoms with van der Waals surface area (Å²) in [5.74, 6) is -0.304. The number of amides is 1. The average molecular weight is 292 g/mol. The van der Waals surface area contributed by atoms with Crippen molar-refractivity contribution >= 4 is 28.1 Å². The van der Waals surface area contributed by atoms with E-state index in [2.05, 4.69) is 10.3 Å². The van der Waals surface area contributed by atoms with Gasteiger partial charge in [0.1, 0.15) is 0 Å². The van der Waals surface area contributed by atoms with E-state index in [0.717, 1.165) is 10.4 Å². The standard InChI is InChI=1S/C12H12N4O3S/c13-6-11(17)15-12-14-7-10(20-12)5-8-2-1-3-9(4-8)16(18)19/h1-4,7H,5-6,13H2,(H,14,15,17). The number of aromatic nitrogens is 1. The predicted molar refractivity (Wildman–Crippen MR) is 75.7 cm³/mol. The van der Waals surface area contributed by atoms with Crippen molar-refractivity contribution < 1.29 is 9.72 Å². The Morgan fingerprint density at radius 2 is 2.30 bits per heavy atom. The van der Waals surface area contributed by atoms with Crippen LogP contribution in [0.25, 0.3) is 0 Å². The zero-order chi connectivity index (χ0) is 14.5. The molecule has 2 rings (SSSR count). The van der Waals surface area contributed by atoms with Crippen LogP contribution in [0.15, 0.2) is 30.5 Å². The van der Waals surface area contributed by atoms with Crippen LogP contribution < -0.4 is 11.1 Å². The van der Waals surface area contributed by atoms with Crippen LogP contribution in [0, 0.1) is 10.1 Å². The Balaban J connectivity index is 2.08. The van der Waals surface area contributed by atoms with Crippen LogP contribution in [0.4, 0.5) is 10.8 Å². The second-order valence-corrected chi connectivity index (χ2v) is 5.10. The number of non-ortho nitro benzene ring substituents is 1. The molecule has 0 saturated heterocycles. The largest absolute Gasteiger partial charge is 0.322 e. The Kier molecular flexibility index (Phi) is 4.38. The number of carbonyl (C=O) groups is 1. The molecule has 1 aromatic carbocycles. The quantitative estimate of drug-likeness (QED) is 0.641. The first-order chi connectivity index (χ1) is 9.58. The lowest BCUT2D eigenvalue weighted by Crippen LogP contribution is -2.21. The van der Waals surface area contributed by atoms with Gasteiger partial charge in [0.2, 0.25) is 5.91 Å². The van der Waals surface area contributed by atoms with Gasteiger partial charge in [0.25, 0.3) is 5.69 Å². The Hall–Kier alpha value is -2.32. The maximum atomic E-state index is 11.1. The van der Waals surface area contributed by atoms with E-state index in [-0.39, 0.29) is 18.1 Å². The topological polar surface area (TPSA) is 111 Å². The van der Waals surface area contributed by atoms with E-state index in [0.29, 0.717) is 11.6 Å². The number of hydrogen-bond donors (Lipinski definition) is 2. The van der Waals surface area contributed by atoms with Gasteiger partial charge in [-0.05, 0) is 5.56 Å². The maximum absolute atomic E-state index is 11.1. The molecule has 0 aliphatic heterocycles. The fourth-order valence-electron chi connectivity index (χ4n) is 1.60. The minimum atomic E-state index is -0.428. The summed E-state index contributed by atoms with van der Waals surface area (Å²) in [5.41, 5.74) is 6.07. The first-order valence-electron chi connectivity index (χ1n) is 5.76. The van der Waals surface area contributed by atoms with Gasteiger partial charge in [-0.1, -0.05) is 12.1 Å². The third-order valence-corrected chi connectivity index (χ3v) is 3.40. The number of benzene rings is 1. The van der Waals surface area contributed by atoms with Crippen LogP contribution in [-0.4, -0.2) is 22.4 Å². The fraction of sp³-hybridized carbons (Fsp3) is 0.167. The summed E-state index contributed by atoms with van der Waals surface area (Å²) >= 11 is 1.32. The Bertz CT molecular complexity index is 641. The average Bonchev–Trinajstić information content (AvgIpc) is 2.86. The SMILES string of the molecule is NCC(=O)Nc1ncc(Cc2cccc([N+](=O)[O-])c2)s1. The van der Waals surface area contributed by atoms with Gasteiger partial charge in [-0.25, -0.2) is 4.98 Å². The molecule has 0 bridgehead atoms. The van der Waals surface area contributed by atoms with Gasteiger partial charge < -0.3 is 11.1 Å². The first-order valence-corrected chi connectivity index (χ1v) is 6.58. The van der Waals surface area contributed by atoms with Gasteiger partial charge in [-0.3, -0.25) is 14.9 Å². The molecule has 0 aliphatic carbocycles. The molecule has 0 unspecified atom stereocenters. The Labute approximate surface area is 118 Å². The van der Waals surface area contributed by atoms with Gasteiger partial charge in [-0.15, -0.1) is 11.3 Å². The van der Waals surface area contributed by atoms with Gasteiger partial charge >= 0.3 is 0 Å². The number of hydrogen-bond acceptors (Lipinski definition) is 6. The molecule has 2 aromatic rings. The van der Waals surface area contributed by atoms with E-state index < -0.39 is 4.92 Å². The lowest BCUT2D eigenvalue weighted by Gasteiger charge is -1.98. The van der Waals surface area contributed by atoms with Crippen molar-refractivity contribution in [3.8, 4) is 0 Å². The van der Waals surface area contributed by atoms with Crippen molar-refractivity contribution in [3.63, 3.8) is 0 Å². The molecule has 1 heterocycles. The molecule has 1 aromatic heterocycles. The predicted octanol–water partition coefficient (Wildman–Crippen LogP) is 1.54. The second-order valence-electron chi connectivity index (χ2n) is 3.99. The number of thiazole rings is 1. The van der Waals surface area contributed by atoms with Gasteiger partial charge in [0.15, 0.2) is 5.13 Å². The lowest BCUT2D eigenvalue weighted by atomic mass is 10.1. The number of nitrogens with zero attached hydrogens (tertiary/aromatic N) is 2. The van der Waals surface area contributed by atoms with Crippen LogP contribution >= 0.6 is 11.3 Å². The molecule has 0 radical (unpaired) electrons. The van der Waals surface area contributed by atoms with Crippen molar-refractivity contribution in [1.29, 1.82) is 0 Å². The summed E-state index contributed by atoms with van der Waals surface area (Å²) in [6.07, 6.45) is 2.16. The molecule has 1 amide bonds. The lowest BCUT2D eigenvalue weighted by molar-refractivity contribution is -0.384. The number of carbonyl (C=O) groups excluding carboxylic acids is 1. The van der Waals surface area contributed by atoms with Crippen molar-refractivity contribution in [1.82, 2.24) is 4.98 Å². The van der Waals surface area contributed by atoms with Crippen LogP contribution in [0.2, 0.25) is 0 Å². The smallest absolute Gasteiger partial charge is 0.269 e. The zero-order valence-corrected chi connectivity index (χ0v) is 11.2. The van der Waals surface area contributed by atoms with E-state index in [1.165, 1.54) is 23.5 Å². The highest BCUT2D eigenvalue weighted by atomic mass is 32.1. The molecular formula is C12H12N4O3S. The first kappa shape index (κ1) is 14.1. The van der Waals surface area contributed by atoms with Crippen LogP contribution in [-0.2, 0) is 11.2 Å². The summed E-state index contributed by atoms with van der Waals surface area (Å²) in [7, 11) is 0. The number of rotatable bonds is 5. The molecule has 0 atom stereocenters. The molecule has 0 saturated carbocycles. The highest BCUT2D eigenvalue weighted by Crippen LogP contribution is 2.22. The van der Waals surface area contributed by atoms with Crippen LogP contribution in [0.3, 0.4) is 0 Å². The van der Waals surface area contributed by atoms with Crippen molar-refractivity contribution in [3.05, 3.63) is 51.0 Å². The van der Waals surface area contributed by atoms with Gasteiger partial charge in [-0.2, -0.15) is 0 Å². The van der Waals surface area contributed by atoms with Crippen molar-refractivity contribution in [2.75, 3.05) is 11.9 Å². The number of nitrogens with one attached hydrogen (secondary N) is 1. The molecular weight excluding hydrogens is 280 g/mol. The van der Waals surface area contributed by atoms with E-state index in [4.69, 9.17) is 5.73 Å².